The van der Waals surface area contributed by atoms with Gasteiger partial charge in [0.2, 0.25) is 15.9 Å². The number of nitrogens with one attached hydrogen (secondary N) is 1. The van der Waals surface area contributed by atoms with E-state index in [0.29, 0.717) is 25.1 Å². The molecule has 0 radical (unpaired) electrons. The van der Waals surface area contributed by atoms with E-state index in [1.165, 1.54) is 4.31 Å². The van der Waals surface area contributed by atoms with Gasteiger partial charge in [-0.3, -0.25) is 9.10 Å². The Hall–Kier alpha value is -2.35. The molecule has 7 nitrogen and oxygen atoms in total. The number of hydrogen-bond acceptors (Lipinski definition) is 5. The lowest BCUT2D eigenvalue weighted by Gasteiger charge is -2.30. The number of amides is 1. The third-order valence-corrected chi connectivity index (χ3v) is 6.70. The number of fused-ring (bicyclic) bond motifs is 1. The molecule has 1 N–H and O–H groups in total. The summed E-state index contributed by atoms with van der Waals surface area (Å²) in [6.45, 7) is 5.86. The average molecular weight is 391 g/mol. The predicted octanol–water partition coefficient (Wildman–Crippen LogP) is 2.97. The van der Waals surface area contributed by atoms with Crippen LogP contribution in [0.1, 0.15) is 42.3 Å². The Morgan fingerprint density at radius 2 is 2.11 bits per heavy atom. The Labute approximate surface area is 159 Å². The number of aryl methyl sites for hydroxylation is 3. The van der Waals surface area contributed by atoms with Gasteiger partial charge in [0, 0.05) is 24.2 Å². The Balaban J connectivity index is 1.69. The number of rotatable bonds is 6. The number of carbonyl (C=O) groups is 1. The second-order valence-corrected chi connectivity index (χ2v) is 8.95. The van der Waals surface area contributed by atoms with Crippen molar-refractivity contribution in [2.75, 3.05) is 21.9 Å². The highest BCUT2D eigenvalue weighted by Gasteiger charge is 2.26. The van der Waals surface area contributed by atoms with E-state index >= 15 is 0 Å². The van der Waals surface area contributed by atoms with Crippen molar-refractivity contribution in [1.82, 2.24) is 5.16 Å². The molecule has 1 aromatic carbocycles. The standard InChI is InChI=1S/C19H25N3O4S/c1-4-27(24,25)22-11-5-6-15-12-16(7-9-18(15)22)20-19(23)10-8-17-13(2)21-26-14(17)3/h7,9,12H,4-6,8,10-11H2,1-3H3,(H,20,23). The lowest BCUT2D eigenvalue weighted by molar-refractivity contribution is -0.116. The average Bonchev–Trinajstić information content (AvgIpc) is 2.97. The molecule has 0 unspecified atom stereocenters. The van der Waals surface area contributed by atoms with Gasteiger partial charge in [-0.15, -0.1) is 0 Å². The highest BCUT2D eigenvalue weighted by molar-refractivity contribution is 7.92. The third-order valence-electron chi connectivity index (χ3n) is 4.92. The highest BCUT2D eigenvalue weighted by Crippen LogP contribution is 2.31. The van der Waals surface area contributed by atoms with Crippen molar-refractivity contribution in [2.24, 2.45) is 0 Å². The van der Waals surface area contributed by atoms with Crippen LogP contribution in [0.4, 0.5) is 11.4 Å². The van der Waals surface area contributed by atoms with E-state index in [0.717, 1.165) is 41.1 Å². The molecule has 0 saturated carbocycles. The number of benzene rings is 1. The zero-order valence-electron chi connectivity index (χ0n) is 15.9. The normalized spacial score (nSPS) is 14.1. The summed E-state index contributed by atoms with van der Waals surface area (Å²) in [5.41, 5.74) is 4.13. The molecule has 0 atom stereocenters. The molecule has 8 heteroatoms. The minimum absolute atomic E-state index is 0.0760. The molecule has 27 heavy (non-hydrogen) atoms. The maximum absolute atomic E-state index is 12.3. The molecule has 0 aliphatic carbocycles. The van der Waals surface area contributed by atoms with E-state index in [1.807, 2.05) is 19.9 Å². The predicted molar refractivity (Wildman–Crippen MR) is 104 cm³/mol. The van der Waals surface area contributed by atoms with Crippen molar-refractivity contribution >= 4 is 27.3 Å². The molecule has 2 aromatic rings. The maximum Gasteiger partial charge on any atom is 0.234 e. The van der Waals surface area contributed by atoms with Gasteiger partial charge in [0.1, 0.15) is 5.76 Å². The molecule has 0 fully saturated rings. The lowest BCUT2D eigenvalue weighted by atomic mass is 10.0. The third kappa shape index (κ3) is 4.16. The second kappa shape index (κ2) is 7.72. The van der Waals surface area contributed by atoms with Gasteiger partial charge >= 0.3 is 0 Å². The van der Waals surface area contributed by atoms with Gasteiger partial charge < -0.3 is 9.84 Å². The topological polar surface area (TPSA) is 92.5 Å². The fourth-order valence-corrected chi connectivity index (χ4v) is 4.60. The zero-order chi connectivity index (χ0) is 19.6. The number of nitrogens with zero attached hydrogens (tertiary/aromatic N) is 2. The summed E-state index contributed by atoms with van der Waals surface area (Å²) in [6, 6.07) is 5.42. The summed E-state index contributed by atoms with van der Waals surface area (Å²) < 4.78 is 31.2. The van der Waals surface area contributed by atoms with Gasteiger partial charge in [0.05, 0.1) is 17.1 Å². The first kappa shape index (κ1) is 19.4. The maximum atomic E-state index is 12.3. The number of hydrogen-bond donors (Lipinski definition) is 1. The van der Waals surface area contributed by atoms with Gasteiger partial charge in [0.25, 0.3) is 0 Å². The Morgan fingerprint density at radius 3 is 2.78 bits per heavy atom. The van der Waals surface area contributed by atoms with Crippen molar-refractivity contribution in [2.45, 2.75) is 46.5 Å². The van der Waals surface area contributed by atoms with E-state index in [1.54, 1.807) is 19.1 Å². The Bertz CT molecular complexity index is 930. The van der Waals surface area contributed by atoms with Crippen LogP contribution in [0.15, 0.2) is 22.7 Å². The van der Waals surface area contributed by atoms with Crippen LogP contribution in [0.2, 0.25) is 0 Å². The van der Waals surface area contributed by atoms with Crippen molar-refractivity contribution in [1.29, 1.82) is 0 Å². The van der Waals surface area contributed by atoms with Crippen LogP contribution in [0.5, 0.6) is 0 Å². The number of sulfonamides is 1. The van der Waals surface area contributed by atoms with E-state index in [-0.39, 0.29) is 11.7 Å². The minimum Gasteiger partial charge on any atom is -0.361 e. The van der Waals surface area contributed by atoms with Crippen molar-refractivity contribution in [3.05, 3.63) is 40.8 Å². The first-order valence-electron chi connectivity index (χ1n) is 9.16. The van der Waals surface area contributed by atoms with Crippen LogP contribution >= 0.6 is 0 Å². The fourth-order valence-electron chi connectivity index (χ4n) is 3.41. The molecule has 1 amide bonds. The largest absolute Gasteiger partial charge is 0.361 e. The van der Waals surface area contributed by atoms with Crippen molar-refractivity contribution < 1.29 is 17.7 Å². The van der Waals surface area contributed by atoms with Gasteiger partial charge in [-0.25, -0.2) is 8.42 Å². The molecule has 1 aliphatic rings. The Morgan fingerprint density at radius 1 is 1.33 bits per heavy atom. The minimum atomic E-state index is -3.28. The monoisotopic (exact) mass is 391 g/mol. The van der Waals surface area contributed by atoms with E-state index in [4.69, 9.17) is 4.52 Å². The molecule has 0 spiro atoms. The smallest absolute Gasteiger partial charge is 0.234 e. The van der Waals surface area contributed by atoms with Crippen LogP contribution in [0.3, 0.4) is 0 Å². The Kier molecular flexibility index (Phi) is 5.55. The van der Waals surface area contributed by atoms with Gasteiger partial charge in [-0.05, 0) is 63.8 Å². The van der Waals surface area contributed by atoms with Crippen LogP contribution in [-0.2, 0) is 27.7 Å². The van der Waals surface area contributed by atoms with Gasteiger partial charge in [0.15, 0.2) is 0 Å². The molecule has 3 rings (SSSR count). The van der Waals surface area contributed by atoms with E-state index in [2.05, 4.69) is 10.5 Å². The molecule has 0 saturated heterocycles. The van der Waals surface area contributed by atoms with E-state index < -0.39 is 10.0 Å². The quantitative estimate of drug-likeness (QED) is 0.817. The zero-order valence-corrected chi connectivity index (χ0v) is 16.7. The summed E-state index contributed by atoms with van der Waals surface area (Å²) in [7, 11) is -3.28. The number of carbonyl (C=O) groups excluding carboxylic acids is 1. The van der Waals surface area contributed by atoms with Crippen molar-refractivity contribution in [3.63, 3.8) is 0 Å². The molecule has 146 valence electrons. The first-order chi connectivity index (χ1) is 12.8. The SMILES string of the molecule is CCS(=O)(=O)N1CCCc2cc(NC(=O)CCc3c(C)noc3C)ccc21. The number of anilines is 2. The van der Waals surface area contributed by atoms with Crippen LogP contribution in [0, 0.1) is 13.8 Å². The first-order valence-corrected chi connectivity index (χ1v) is 10.8. The molecular weight excluding hydrogens is 366 g/mol. The summed E-state index contributed by atoms with van der Waals surface area (Å²) in [6.07, 6.45) is 2.47. The molecule has 2 heterocycles. The second-order valence-electron chi connectivity index (χ2n) is 6.77. The molecule has 1 aromatic heterocycles. The molecule has 1 aliphatic heterocycles. The highest BCUT2D eigenvalue weighted by atomic mass is 32.2. The van der Waals surface area contributed by atoms with E-state index in [9.17, 15) is 13.2 Å². The van der Waals surface area contributed by atoms with Crippen LogP contribution < -0.4 is 9.62 Å². The van der Waals surface area contributed by atoms with Crippen LogP contribution in [-0.4, -0.2) is 31.8 Å². The lowest BCUT2D eigenvalue weighted by Crippen LogP contribution is -2.36. The summed E-state index contributed by atoms with van der Waals surface area (Å²) in [5.74, 6) is 0.724. The van der Waals surface area contributed by atoms with Gasteiger partial charge in [-0.1, -0.05) is 5.16 Å². The molecule has 0 bridgehead atoms. The summed E-state index contributed by atoms with van der Waals surface area (Å²) >= 11 is 0. The van der Waals surface area contributed by atoms with Crippen LogP contribution in [0.25, 0.3) is 0 Å². The molecular formula is C19H25N3O4S. The summed E-state index contributed by atoms with van der Waals surface area (Å²) in [5, 5.41) is 6.80. The summed E-state index contributed by atoms with van der Waals surface area (Å²) in [4.78, 5) is 12.3. The number of aromatic nitrogens is 1. The fraction of sp³-hybridized carbons (Fsp3) is 0.474. The van der Waals surface area contributed by atoms with Gasteiger partial charge in [-0.2, -0.15) is 0 Å². The van der Waals surface area contributed by atoms with Crippen molar-refractivity contribution in [3.8, 4) is 0 Å².